The van der Waals surface area contributed by atoms with Gasteiger partial charge < -0.3 is 4.74 Å². The number of carbonyl (C=O) groups excluding carboxylic acids is 1. The summed E-state index contributed by atoms with van der Waals surface area (Å²) in [5.74, 6) is 0.867. The molecule has 3 heteroatoms. The molecule has 0 aliphatic rings. The highest BCUT2D eigenvalue weighted by atomic mass is 16.5. The minimum Gasteiger partial charge on any atom is -0.493 e. The molecule has 0 aromatic heterocycles. The zero-order valence-corrected chi connectivity index (χ0v) is 10.5. The van der Waals surface area contributed by atoms with E-state index in [4.69, 9.17) is 4.74 Å². The molecule has 0 aliphatic heterocycles. The van der Waals surface area contributed by atoms with E-state index in [1.807, 2.05) is 19.1 Å². The van der Waals surface area contributed by atoms with Gasteiger partial charge in [0, 0.05) is 0 Å². The predicted molar refractivity (Wildman–Crippen MR) is 68.6 cm³/mol. The van der Waals surface area contributed by atoms with Gasteiger partial charge in [0.2, 0.25) is 6.08 Å². The fourth-order valence-corrected chi connectivity index (χ4v) is 1.63. The van der Waals surface area contributed by atoms with Gasteiger partial charge in [-0.3, -0.25) is 0 Å². The van der Waals surface area contributed by atoms with Crippen molar-refractivity contribution in [3.8, 4) is 5.75 Å². The van der Waals surface area contributed by atoms with Crippen LogP contribution in [0.1, 0.15) is 38.2 Å². The van der Waals surface area contributed by atoms with Crippen LogP contribution in [0.2, 0.25) is 0 Å². The van der Waals surface area contributed by atoms with Gasteiger partial charge in [0.25, 0.3) is 0 Å². The third-order valence-corrected chi connectivity index (χ3v) is 2.59. The number of benzene rings is 1. The van der Waals surface area contributed by atoms with E-state index < -0.39 is 0 Å². The molecule has 0 amide bonds. The second kappa shape index (κ2) is 7.64. The van der Waals surface area contributed by atoms with Crippen LogP contribution in [0.4, 0.5) is 5.69 Å². The van der Waals surface area contributed by atoms with Crippen LogP contribution in [-0.2, 0) is 4.79 Å². The lowest BCUT2D eigenvalue weighted by Gasteiger charge is -2.09. The molecule has 1 rings (SSSR count). The molecule has 3 nitrogen and oxygen atoms in total. The molecular weight excluding hydrogens is 214 g/mol. The molecule has 92 valence electrons. The van der Waals surface area contributed by atoms with Gasteiger partial charge in [-0.1, -0.05) is 26.2 Å². The third kappa shape index (κ3) is 4.83. The summed E-state index contributed by atoms with van der Waals surface area (Å²) in [4.78, 5) is 13.7. The van der Waals surface area contributed by atoms with Crippen LogP contribution >= 0.6 is 0 Å². The lowest BCUT2D eigenvalue weighted by Crippen LogP contribution is -1.98. The lowest BCUT2D eigenvalue weighted by atomic mass is 10.2. The van der Waals surface area contributed by atoms with E-state index >= 15 is 0 Å². The number of unbranched alkanes of at least 4 members (excludes halogenated alkanes) is 3. The first-order valence-corrected chi connectivity index (χ1v) is 6.09. The van der Waals surface area contributed by atoms with Crippen molar-refractivity contribution in [2.45, 2.75) is 39.5 Å². The van der Waals surface area contributed by atoms with Crippen LogP contribution in [0.3, 0.4) is 0 Å². The van der Waals surface area contributed by atoms with Crippen molar-refractivity contribution in [1.82, 2.24) is 0 Å². The fourth-order valence-electron chi connectivity index (χ4n) is 1.63. The zero-order chi connectivity index (χ0) is 12.5. The molecule has 0 heterocycles. The van der Waals surface area contributed by atoms with Crippen LogP contribution in [0.25, 0.3) is 0 Å². The number of ether oxygens (including phenoxy) is 1. The van der Waals surface area contributed by atoms with Crippen molar-refractivity contribution in [1.29, 1.82) is 0 Å². The van der Waals surface area contributed by atoms with Crippen molar-refractivity contribution in [2.24, 2.45) is 4.99 Å². The summed E-state index contributed by atoms with van der Waals surface area (Å²) in [5, 5.41) is 0. The zero-order valence-electron chi connectivity index (χ0n) is 10.5. The first-order valence-electron chi connectivity index (χ1n) is 6.09. The van der Waals surface area contributed by atoms with E-state index in [1.165, 1.54) is 25.3 Å². The summed E-state index contributed by atoms with van der Waals surface area (Å²) >= 11 is 0. The van der Waals surface area contributed by atoms with Gasteiger partial charge in [0.15, 0.2) is 0 Å². The maximum Gasteiger partial charge on any atom is 0.240 e. The van der Waals surface area contributed by atoms with Gasteiger partial charge in [-0.25, -0.2) is 4.79 Å². The first-order chi connectivity index (χ1) is 8.27. The highest BCUT2D eigenvalue weighted by Crippen LogP contribution is 2.23. The molecule has 0 radical (unpaired) electrons. The summed E-state index contributed by atoms with van der Waals surface area (Å²) in [5.41, 5.74) is 1.62. The van der Waals surface area contributed by atoms with Crippen LogP contribution in [0.5, 0.6) is 5.75 Å². The standard InChI is InChI=1S/C14H19NO2/c1-3-4-5-6-9-17-14-8-7-13(15-11-16)10-12(14)2/h7-8,10H,3-6,9H2,1-2H3. The normalized spacial score (nSPS) is 9.76. The summed E-state index contributed by atoms with van der Waals surface area (Å²) in [6.45, 7) is 4.89. The molecule has 17 heavy (non-hydrogen) atoms. The van der Waals surface area contributed by atoms with E-state index in [1.54, 1.807) is 6.07 Å². The van der Waals surface area contributed by atoms with Gasteiger partial charge in [-0.2, -0.15) is 4.99 Å². The van der Waals surface area contributed by atoms with Crippen LogP contribution in [0.15, 0.2) is 23.2 Å². The highest BCUT2D eigenvalue weighted by molar-refractivity contribution is 5.52. The fraction of sp³-hybridized carbons (Fsp3) is 0.500. The minimum absolute atomic E-state index is 0.621. The Morgan fingerprint density at radius 2 is 2.12 bits per heavy atom. The molecular formula is C14H19NO2. The largest absolute Gasteiger partial charge is 0.493 e. The maximum absolute atomic E-state index is 10.1. The van der Waals surface area contributed by atoms with Gasteiger partial charge >= 0.3 is 0 Å². The average Bonchev–Trinajstić information content (AvgIpc) is 2.32. The van der Waals surface area contributed by atoms with Crippen molar-refractivity contribution >= 4 is 11.8 Å². The number of aliphatic imine (C=N–C) groups is 1. The van der Waals surface area contributed by atoms with E-state index in [9.17, 15) is 4.79 Å². The quantitative estimate of drug-likeness (QED) is 0.406. The molecule has 0 bridgehead atoms. The molecule has 1 aromatic carbocycles. The van der Waals surface area contributed by atoms with E-state index in [0.29, 0.717) is 5.69 Å². The van der Waals surface area contributed by atoms with Crippen molar-refractivity contribution < 1.29 is 9.53 Å². The van der Waals surface area contributed by atoms with Gasteiger partial charge in [0.1, 0.15) is 5.75 Å². The second-order valence-electron chi connectivity index (χ2n) is 4.06. The molecule has 0 atom stereocenters. The number of isocyanates is 1. The lowest BCUT2D eigenvalue weighted by molar-refractivity contribution is 0.303. The number of nitrogens with zero attached hydrogens (tertiary/aromatic N) is 1. The molecule has 0 saturated heterocycles. The average molecular weight is 233 g/mol. The highest BCUT2D eigenvalue weighted by Gasteiger charge is 2.00. The third-order valence-electron chi connectivity index (χ3n) is 2.59. The molecule has 0 aliphatic carbocycles. The SMILES string of the molecule is CCCCCCOc1ccc(N=C=O)cc1C. The summed E-state index contributed by atoms with van der Waals surface area (Å²) in [6.07, 6.45) is 6.32. The molecule has 0 spiro atoms. The predicted octanol–water partition coefficient (Wildman–Crippen LogP) is 3.92. The van der Waals surface area contributed by atoms with E-state index in [0.717, 1.165) is 24.3 Å². The number of hydrogen-bond donors (Lipinski definition) is 0. The van der Waals surface area contributed by atoms with E-state index in [-0.39, 0.29) is 0 Å². The Hall–Kier alpha value is -1.60. The van der Waals surface area contributed by atoms with Crippen molar-refractivity contribution in [3.63, 3.8) is 0 Å². The Balaban J connectivity index is 2.46. The molecule has 0 unspecified atom stereocenters. The molecule has 0 saturated carbocycles. The molecule has 0 fully saturated rings. The Morgan fingerprint density at radius 1 is 1.29 bits per heavy atom. The van der Waals surface area contributed by atoms with Crippen LogP contribution in [-0.4, -0.2) is 12.7 Å². The van der Waals surface area contributed by atoms with Crippen LogP contribution < -0.4 is 4.74 Å². The Kier molecular flexibility index (Phi) is 6.05. The van der Waals surface area contributed by atoms with Gasteiger partial charge in [-0.05, 0) is 37.1 Å². The first kappa shape index (κ1) is 13.5. The Bertz CT molecular complexity index is 395. The molecule has 0 N–H and O–H groups in total. The summed E-state index contributed by atoms with van der Waals surface area (Å²) < 4.78 is 5.68. The van der Waals surface area contributed by atoms with Gasteiger partial charge in [-0.15, -0.1) is 0 Å². The maximum atomic E-state index is 10.1. The van der Waals surface area contributed by atoms with Crippen molar-refractivity contribution in [3.05, 3.63) is 23.8 Å². The molecule has 1 aromatic rings. The van der Waals surface area contributed by atoms with Gasteiger partial charge in [0.05, 0.1) is 12.3 Å². The summed E-state index contributed by atoms with van der Waals surface area (Å²) in [7, 11) is 0. The number of aryl methyl sites for hydroxylation is 1. The number of hydrogen-bond acceptors (Lipinski definition) is 3. The summed E-state index contributed by atoms with van der Waals surface area (Å²) in [6, 6.07) is 5.44. The minimum atomic E-state index is 0.621. The second-order valence-corrected chi connectivity index (χ2v) is 4.06. The van der Waals surface area contributed by atoms with Crippen molar-refractivity contribution in [2.75, 3.05) is 6.61 Å². The monoisotopic (exact) mass is 233 g/mol. The van der Waals surface area contributed by atoms with Crippen LogP contribution in [0, 0.1) is 6.92 Å². The topological polar surface area (TPSA) is 38.7 Å². The van der Waals surface area contributed by atoms with E-state index in [2.05, 4.69) is 11.9 Å². The smallest absolute Gasteiger partial charge is 0.240 e. The Morgan fingerprint density at radius 3 is 2.76 bits per heavy atom. The number of rotatable bonds is 7. The Labute approximate surface area is 103 Å².